The molecule has 1 fully saturated rings. The van der Waals surface area contributed by atoms with Gasteiger partial charge in [0.1, 0.15) is 5.03 Å². The van der Waals surface area contributed by atoms with E-state index in [0.29, 0.717) is 0 Å². The molecule has 0 N–H and O–H groups in total. The fourth-order valence-electron chi connectivity index (χ4n) is 1.34. The second kappa shape index (κ2) is 4.67. The van der Waals surface area contributed by atoms with Crippen molar-refractivity contribution < 1.29 is 0 Å². The second-order valence-electron chi connectivity index (χ2n) is 3.81. The van der Waals surface area contributed by atoms with Crippen molar-refractivity contribution >= 4 is 11.8 Å². The first kappa shape index (κ1) is 11.3. The van der Waals surface area contributed by atoms with Crippen molar-refractivity contribution in [3.8, 4) is 0 Å². The Labute approximate surface area is 91.0 Å². The second-order valence-corrected chi connectivity index (χ2v) is 4.90. The van der Waals surface area contributed by atoms with Gasteiger partial charge in [0.05, 0.1) is 0 Å². The van der Waals surface area contributed by atoms with E-state index < -0.39 is 0 Å². The van der Waals surface area contributed by atoms with Crippen LogP contribution in [0.3, 0.4) is 0 Å². The lowest BCUT2D eigenvalue weighted by molar-refractivity contribution is 0.343. The van der Waals surface area contributed by atoms with Gasteiger partial charge in [0, 0.05) is 47.5 Å². The largest absolute Gasteiger partial charge is 0.362 e. The first-order valence-corrected chi connectivity index (χ1v) is 5.70. The minimum Gasteiger partial charge on any atom is -0.362 e. The van der Waals surface area contributed by atoms with Gasteiger partial charge in [-0.2, -0.15) is 0 Å². The molecular formula is C10H19N3S. The lowest BCUT2D eigenvalue weighted by Gasteiger charge is -2.22. The molecule has 0 aromatic heterocycles. The molecule has 1 rings (SSSR count). The maximum atomic E-state index is 3.44. The number of hydrogen-bond acceptors (Lipinski definition) is 4. The molecule has 0 spiro atoms. The summed E-state index contributed by atoms with van der Waals surface area (Å²) in [6.07, 6.45) is 0. The van der Waals surface area contributed by atoms with Gasteiger partial charge < -0.3 is 14.7 Å². The summed E-state index contributed by atoms with van der Waals surface area (Å²) >= 11 is 1.87. The maximum Gasteiger partial charge on any atom is 0.151 e. The summed E-state index contributed by atoms with van der Waals surface area (Å²) < 4.78 is 0. The molecule has 80 valence electrons. The third-order valence-electron chi connectivity index (χ3n) is 2.08. The van der Waals surface area contributed by atoms with Crippen LogP contribution in [0.5, 0.6) is 0 Å². The lowest BCUT2D eigenvalue weighted by atomic mass is 10.5. The number of rotatable bonds is 2. The average Bonchev–Trinajstić information content (AvgIpc) is 2.46. The van der Waals surface area contributed by atoms with Gasteiger partial charge in [0.15, 0.2) is 5.82 Å². The summed E-state index contributed by atoms with van der Waals surface area (Å²) in [5, 5.41) is 1.24. The smallest absolute Gasteiger partial charge is 0.151 e. The molecule has 0 amide bonds. The van der Waals surface area contributed by atoms with E-state index in [1.165, 1.54) is 10.8 Å². The van der Waals surface area contributed by atoms with Gasteiger partial charge >= 0.3 is 0 Å². The molecule has 0 bridgehead atoms. The summed E-state index contributed by atoms with van der Waals surface area (Å²) in [6.45, 7) is 1.13. The van der Waals surface area contributed by atoms with E-state index in [1.54, 1.807) is 0 Å². The Balaban J connectivity index is 3.00. The summed E-state index contributed by atoms with van der Waals surface area (Å²) in [7, 11) is 10.3. The van der Waals surface area contributed by atoms with Crippen LogP contribution in [0.1, 0.15) is 0 Å². The quantitative estimate of drug-likeness (QED) is 0.635. The molecule has 1 aliphatic heterocycles. The van der Waals surface area contributed by atoms with E-state index in [2.05, 4.69) is 27.5 Å². The highest BCUT2D eigenvalue weighted by Gasteiger charge is 2.13. The van der Waals surface area contributed by atoms with Crippen LogP contribution in [0.25, 0.3) is 0 Å². The molecule has 0 aromatic carbocycles. The highest BCUT2D eigenvalue weighted by Crippen LogP contribution is 2.25. The SMILES string of the molecule is CN(C)C(=C=C1SCCN1C)N(C)C. The molecule has 0 unspecified atom stereocenters. The van der Waals surface area contributed by atoms with Crippen LogP contribution in [0, 0.1) is 0 Å². The van der Waals surface area contributed by atoms with Crippen molar-refractivity contribution in [2.45, 2.75) is 0 Å². The van der Waals surface area contributed by atoms with Crippen molar-refractivity contribution in [1.82, 2.24) is 14.7 Å². The first-order chi connectivity index (χ1) is 6.52. The maximum absolute atomic E-state index is 3.44. The van der Waals surface area contributed by atoms with E-state index >= 15 is 0 Å². The minimum atomic E-state index is 1.11. The fraction of sp³-hybridized carbons (Fsp3) is 0.700. The van der Waals surface area contributed by atoms with Crippen molar-refractivity contribution in [2.75, 3.05) is 47.5 Å². The van der Waals surface area contributed by atoms with Gasteiger partial charge in [-0.25, -0.2) is 0 Å². The number of hydrogen-bond donors (Lipinski definition) is 0. The topological polar surface area (TPSA) is 9.72 Å². The van der Waals surface area contributed by atoms with Crippen LogP contribution in [0.15, 0.2) is 16.6 Å². The van der Waals surface area contributed by atoms with Crippen molar-refractivity contribution in [3.05, 3.63) is 16.6 Å². The van der Waals surface area contributed by atoms with E-state index in [-0.39, 0.29) is 0 Å². The van der Waals surface area contributed by atoms with Crippen LogP contribution in [-0.2, 0) is 0 Å². The van der Waals surface area contributed by atoms with E-state index in [1.807, 2.05) is 40.0 Å². The van der Waals surface area contributed by atoms with Gasteiger partial charge in [-0.05, 0) is 5.73 Å². The van der Waals surface area contributed by atoms with Gasteiger partial charge in [-0.1, -0.05) is 11.8 Å². The predicted octanol–water partition coefficient (Wildman–Crippen LogP) is 1.07. The van der Waals surface area contributed by atoms with Gasteiger partial charge in [0.2, 0.25) is 0 Å². The van der Waals surface area contributed by atoms with Crippen molar-refractivity contribution in [1.29, 1.82) is 0 Å². The Hall–Kier alpha value is -0.730. The molecule has 0 saturated carbocycles. The molecule has 0 aliphatic carbocycles. The zero-order chi connectivity index (χ0) is 10.7. The Morgan fingerprint density at radius 3 is 2.21 bits per heavy atom. The van der Waals surface area contributed by atoms with E-state index in [9.17, 15) is 0 Å². The average molecular weight is 213 g/mol. The molecule has 1 aliphatic rings. The highest BCUT2D eigenvalue weighted by atomic mass is 32.2. The minimum absolute atomic E-state index is 1.11. The summed E-state index contributed by atoms with van der Waals surface area (Å²) in [5.41, 5.74) is 3.44. The van der Waals surface area contributed by atoms with Crippen LogP contribution in [0.4, 0.5) is 0 Å². The number of nitrogens with zero attached hydrogens (tertiary/aromatic N) is 3. The third-order valence-corrected chi connectivity index (χ3v) is 3.15. The van der Waals surface area contributed by atoms with Crippen molar-refractivity contribution in [3.63, 3.8) is 0 Å². The Bertz CT molecular complexity index is 255. The zero-order valence-corrected chi connectivity index (χ0v) is 10.5. The molecule has 0 radical (unpaired) electrons. The molecule has 14 heavy (non-hydrogen) atoms. The summed E-state index contributed by atoms with van der Waals surface area (Å²) in [5.74, 6) is 2.29. The Kier molecular flexibility index (Phi) is 3.78. The predicted molar refractivity (Wildman–Crippen MR) is 63.0 cm³/mol. The summed E-state index contributed by atoms with van der Waals surface area (Å²) in [4.78, 5) is 6.41. The molecule has 3 nitrogen and oxygen atoms in total. The van der Waals surface area contributed by atoms with Crippen LogP contribution >= 0.6 is 11.8 Å². The van der Waals surface area contributed by atoms with Crippen molar-refractivity contribution in [2.24, 2.45) is 0 Å². The fourth-order valence-corrected chi connectivity index (χ4v) is 2.38. The Morgan fingerprint density at radius 1 is 1.29 bits per heavy atom. The van der Waals surface area contributed by atoms with Gasteiger partial charge in [-0.15, -0.1) is 0 Å². The third kappa shape index (κ3) is 2.63. The number of thioether (sulfide) groups is 1. The molecular weight excluding hydrogens is 194 g/mol. The first-order valence-electron chi connectivity index (χ1n) is 4.72. The zero-order valence-electron chi connectivity index (χ0n) is 9.66. The molecule has 0 aromatic rings. The standard InChI is InChI=1S/C10H19N3S/c1-11(2)9(12(3)4)8-10-13(5)6-7-14-10/h6-7H2,1-5H3. The van der Waals surface area contributed by atoms with E-state index in [0.717, 1.165) is 12.4 Å². The van der Waals surface area contributed by atoms with E-state index in [4.69, 9.17) is 0 Å². The lowest BCUT2D eigenvalue weighted by Crippen LogP contribution is -2.24. The molecule has 4 heteroatoms. The summed E-state index contributed by atoms with van der Waals surface area (Å²) in [6, 6.07) is 0. The van der Waals surface area contributed by atoms with Crippen LogP contribution in [-0.4, -0.2) is 62.2 Å². The normalized spacial score (nSPS) is 15.5. The van der Waals surface area contributed by atoms with Crippen LogP contribution in [0.2, 0.25) is 0 Å². The monoisotopic (exact) mass is 213 g/mol. The molecule has 1 saturated heterocycles. The van der Waals surface area contributed by atoms with Crippen LogP contribution < -0.4 is 0 Å². The molecule has 0 atom stereocenters. The Morgan fingerprint density at radius 2 is 1.86 bits per heavy atom. The highest BCUT2D eigenvalue weighted by molar-refractivity contribution is 8.03. The molecule has 1 heterocycles. The van der Waals surface area contributed by atoms with Gasteiger partial charge in [-0.3, -0.25) is 0 Å². The van der Waals surface area contributed by atoms with Gasteiger partial charge in [0.25, 0.3) is 0 Å².